The smallest absolute Gasteiger partial charge is 0.226 e. The SMILES string of the molecule is CCOc1ccccc1NC(=O)CCN(C)c1ccccc1. The Kier molecular flexibility index (Phi) is 5.83. The first-order chi connectivity index (χ1) is 10.7. The van der Waals surface area contributed by atoms with Crippen LogP contribution >= 0.6 is 0 Å². The van der Waals surface area contributed by atoms with E-state index in [0.29, 0.717) is 25.3 Å². The number of hydrogen-bond acceptors (Lipinski definition) is 3. The van der Waals surface area contributed by atoms with Crippen molar-refractivity contribution in [1.82, 2.24) is 0 Å². The zero-order chi connectivity index (χ0) is 15.8. The number of para-hydroxylation sites is 3. The van der Waals surface area contributed by atoms with Crippen molar-refractivity contribution >= 4 is 17.3 Å². The Labute approximate surface area is 131 Å². The van der Waals surface area contributed by atoms with Crippen molar-refractivity contribution in [3.63, 3.8) is 0 Å². The van der Waals surface area contributed by atoms with Gasteiger partial charge in [0.25, 0.3) is 0 Å². The first kappa shape index (κ1) is 15.9. The normalized spacial score (nSPS) is 10.1. The average Bonchev–Trinajstić information content (AvgIpc) is 2.55. The summed E-state index contributed by atoms with van der Waals surface area (Å²) in [6.45, 7) is 3.16. The second kappa shape index (κ2) is 8.08. The van der Waals surface area contributed by atoms with Crippen molar-refractivity contribution in [2.24, 2.45) is 0 Å². The van der Waals surface area contributed by atoms with Gasteiger partial charge in [0.05, 0.1) is 12.3 Å². The second-order valence-corrected chi connectivity index (χ2v) is 4.98. The maximum atomic E-state index is 12.1. The summed E-state index contributed by atoms with van der Waals surface area (Å²) in [5, 5.41) is 2.91. The van der Waals surface area contributed by atoms with Gasteiger partial charge >= 0.3 is 0 Å². The molecule has 0 saturated heterocycles. The molecule has 0 aromatic heterocycles. The number of carbonyl (C=O) groups is 1. The molecule has 2 rings (SSSR count). The van der Waals surface area contributed by atoms with Crippen LogP contribution in [0.15, 0.2) is 54.6 Å². The van der Waals surface area contributed by atoms with Crippen LogP contribution in [0.2, 0.25) is 0 Å². The van der Waals surface area contributed by atoms with E-state index in [1.807, 2.05) is 68.6 Å². The maximum absolute atomic E-state index is 12.1. The fourth-order valence-corrected chi connectivity index (χ4v) is 2.14. The van der Waals surface area contributed by atoms with Gasteiger partial charge < -0.3 is 15.0 Å². The van der Waals surface area contributed by atoms with E-state index in [-0.39, 0.29) is 5.91 Å². The van der Waals surface area contributed by atoms with Crippen molar-refractivity contribution in [1.29, 1.82) is 0 Å². The molecule has 0 aliphatic carbocycles. The number of benzene rings is 2. The Hall–Kier alpha value is -2.49. The number of hydrogen-bond donors (Lipinski definition) is 1. The molecule has 1 amide bonds. The molecule has 0 atom stereocenters. The van der Waals surface area contributed by atoms with Gasteiger partial charge in [0.15, 0.2) is 0 Å². The van der Waals surface area contributed by atoms with Crippen LogP contribution in [-0.2, 0) is 4.79 Å². The number of carbonyl (C=O) groups excluding carboxylic acids is 1. The lowest BCUT2D eigenvalue weighted by atomic mass is 10.2. The van der Waals surface area contributed by atoms with E-state index in [0.717, 1.165) is 11.4 Å². The second-order valence-electron chi connectivity index (χ2n) is 4.98. The zero-order valence-electron chi connectivity index (χ0n) is 13.1. The molecule has 0 bridgehead atoms. The van der Waals surface area contributed by atoms with E-state index in [1.54, 1.807) is 0 Å². The summed E-state index contributed by atoms with van der Waals surface area (Å²) in [5.41, 5.74) is 1.82. The summed E-state index contributed by atoms with van der Waals surface area (Å²) in [6, 6.07) is 17.5. The fourth-order valence-electron chi connectivity index (χ4n) is 2.14. The van der Waals surface area contributed by atoms with Gasteiger partial charge in [0, 0.05) is 25.7 Å². The Bertz CT molecular complexity index is 599. The molecular formula is C18H22N2O2. The van der Waals surface area contributed by atoms with E-state index < -0.39 is 0 Å². The summed E-state index contributed by atoms with van der Waals surface area (Å²) in [7, 11) is 1.98. The number of anilines is 2. The third-order valence-corrected chi connectivity index (χ3v) is 3.33. The van der Waals surface area contributed by atoms with Crippen LogP contribution in [0.25, 0.3) is 0 Å². The van der Waals surface area contributed by atoms with Crippen molar-refractivity contribution < 1.29 is 9.53 Å². The van der Waals surface area contributed by atoms with Crippen LogP contribution in [0.4, 0.5) is 11.4 Å². The third kappa shape index (κ3) is 4.52. The Morgan fingerprint density at radius 3 is 2.50 bits per heavy atom. The van der Waals surface area contributed by atoms with Crippen LogP contribution in [-0.4, -0.2) is 26.1 Å². The minimum absolute atomic E-state index is 0.0186. The summed E-state index contributed by atoms with van der Waals surface area (Å²) in [6.07, 6.45) is 0.422. The Morgan fingerprint density at radius 1 is 1.09 bits per heavy atom. The van der Waals surface area contributed by atoms with Crippen LogP contribution in [0.1, 0.15) is 13.3 Å². The van der Waals surface area contributed by atoms with Gasteiger partial charge in [-0.25, -0.2) is 0 Å². The molecule has 4 heteroatoms. The van der Waals surface area contributed by atoms with E-state index >= 15 is 0 Å². The van der Waals surface area contributed by atoms with Crippen LogP contribution < -0.4 is 15.0 Å². The lowest BCUT2D eigenvalue weighted by Crippen LogP contribution is -2.24. The molecule has 0 aliphatic heterocycles. The van der Waals surface area contributed by atoms with Gasteiger partial charge in [-0.1, -0.05) is 30.3 Å². The summed E-state index contributed by atoms with van der Waals surface area (Å²) >= 11 is 0. The highest BCUT2D eigenvalue weighted by Crippen LogP contribution is 2.23. The largest absolute Gasteiger partial charge is 0.492 e. The summed E-state index contributed by atoms with van der Waals surface area (Å²) in [4.78, 5) is 14.2. The van der Waals surface area contributed by atoms with E-state index in [4.69, 9.17) is 4.74 Å². The predicted octanol–water partition coefficient (Wildman–Crippen LogP) is 3.55. The first-order valence-corrected chi connectivity index (χ1v) is 7.48. The molecule has 116 valence electrons. The van der Waals surface area contributed by atoms with Gasteiger partial charge in [-0.2, -0.15) is 0 Å². The predicted molar refractivity (Wildman–Crippen MR) is 90.6 cm³/mol. The maximum Gasteiger partial charge on any atom is 0.226 e. The molecule has 0 fully saturated rings. The van der Waals surface area contributed by atoms with Crippen LogP contribution in [0.3, 0.4) is 0 Å². The van der Waals surface area contributed by atoms with Gasteiger partial charge in [0.1, 0.15) is 5.75 Å². The molecule has 4 nitrogen and oxygen atoms in total. The topological polar surface area (TPSA) is 41.6 Å². The minimum atomic E-state index is -0.0186. The quantitative estimate of drug-likeness (QED) is 0.850. The highest BCUT2D eigenvalue weighted by atomic mass is 16.5. The Morgan fingerprint density at radius 2 is 1.77 bits per heavy atom. The van der Waals surface area contributed by atoms with Crippen molar-refractivity contribution in [2.45, 2.75) is 13.3 Å². The highest BCUT2D eigenvalue weighted by Gasteiger charge is 2.08. The standard InChI is InChI=1S/C18H22N2O2/c1-3-22-17-12-8-7-11-16(17)19-18(21)13-14-20(2)15-9-5-4-6-10-15/h4-12H,3,13-14H2,1-2H3,(H,19,21). The first-order valence-electron chi connectivity index (χ1n) is 7.48. The van der Waals surface area contributed by atoms with Crippen molar-refractivity contribution in [3.8, 4) is 5.75 Å². The minimum Gasteiger partial charge on any atom is -0.492 e. The number of nitrogens with zero attached hydrogens (tertiary/aromatic N) is 1. The van der Waals surface area contributed by atoms with Gasteiger partial charge in [0.2, 0.25) is 5.91 Å². The Balaban J connectivity index is 1.88. The molecule has 0 saturated carbocycles. The molecule has 0 aliphatic rings. The molecule has 2 aromatic carbocycles. The lowest BCUT2D eigenvalue weighted by Gasteiger charge is -2.19. The molecule has 22 heavy (non-hydrogen) atoms. The van der Waals surface area contributed by atoms with Gasteiger partial charge in [-0.15, -0.1) is 0 Å². The van der Waals surface area contributed by atoms with Crippen molar-refractivity contribution in [3.05, 3.63) is 54.6 Å². The molecule has 2 aromatic rings. The monoisotopic (exact) mass is 298 g/mol. The van der Waals surface area contributed by atoms with Gasteiger partial charge in [-0.05, 0) is 31.2 Å². The summed E-state index contributed by atoms with van der Waals surface area (Å²) in [5.74, 6) is 0.685. The van der Waals surface area contributed by atoms with Crippen LogP contribution in [0.5, 0.6) is 5.75 Å². The number of rotatable bonds is 7. The fraction of sp³-hybridized carbons (Fsp3) is 0.278. The number of amides is 1. The average molecular weight is 298 g/mol. The van der Waals surface area contributed by atoms with E-state index in [1.165, 1.54) is 0 Å². The zero-order valence-corrected chi connectivity index (χ0v) is 13.1. The highest BCUT2D eigenvalue weighted by molar-refractivity contribution is 5.92. The van der Waals surface area contributed by atoms with E-state index in [2.05, 4.69) is 10.2 Å². The molecule has 0 heterocycles. The molecule has 1 N–H and O–H groups in total. The van der Waals surface area contributed by atoms with E-state index in [9.17, 15) is 4.79 Å². The molecule has 0 unspecified atom stereocenters. The van der Waals surface area contributed by atoms with Crippen LogP contribution in [0, 0.1) is 0 Å². The van der Waals surface area contributed by atoms with Gasteiger partial charge in [-0.3, -0.25) is 4.79 Å². The number of ether oxygens (including phenoxy) is 1. The molecular weight excluding hydrogens is 276 g/mol. The molecule has 0 radical (unpaired) electrons. The molecule has 0 spiro atoms. The van der Waals surface area contributed by atoms with Crippen molar-refractivity contribution in [2.75, 3.05) is 30.4 Å². The third-order valence-electron chi connectivity index (χ3n) is 3.33. The summed E-state index contributed by atoms with van der Waals surface area (Å²) < 4.78 is 5.51. The lowest BCUT2D eigenvalue weighted by molar-refractivity contribution is -0.116. The number of nitrogens with one attached hydrogen (secondary N) is 1.